The normalized spacial score (nSPS) is 16.6. The van der Waals surface area contributed by atoms with Gasteiger partial charge in [-0.05, 0) is 62.0 Å². The largest absolute Gasteiger partial charge is 0.328 e. The van der Waals surface area contributed by atoms with Gasteiger partial charge in [-0.25, -0.2) is 9.98 Å². The van der Waals surface area contributed by atoms with Crippen molar-refractivity contribution in [2.24, 2.45) is 12.0 Å². The Kier molecular flexibility index (Phi) is 5.15. The van der Waals surface area contributed by atoms with E-state index < -0.39 is 0 Å². The molecule has 5 rings (SSSR count). The molecule has 0 atom stereocenters. The topological polar surface area (TPSA) is 50.5 Å². The highest BCUT2D eigenvalue weighted by Crippen LogP contribution is 2.37. The molecule has 1 saturated heterocycles. The summed E-state index contributed by atoms with van der Waals surface area (Å²) >= 11 is 1.37. The first-order valence-corrected chi connectivity index (χ1v) is 11.2. The zero-order valence-corrected chi connectivity index (χ0v) is 18.9. The van der Waals surface area contributed by atoms with Gasteiger partial charge < -0.3 is 4.57 Å². The smallest absolute Gasteiger partial charge is 0.271 e. The minimum Gasteiger partial charge on any atom is -0.328 e. The molecule has 1 fully saturated rings. The zero-order valence-electron chi connectivity index (χ0n) is 18.1. The summed E-state index contributed by atoms with van der Waals surface area (Å²) in [5.41, 5.74) is 5.85. The summed E-state index contributed by atoms with van der Waals surface area (Å²) in [4.78, 5) is 25.3. The van der Waals surface area contributed by atoms with Gasteiger partial charge in [0.25, 0.3) is 5.91 Å². The van der Waals surface area contributed by atoms with Crippen molar-refractivity contribution in [3.8, 4) is 0 Å². The first-order chi connectivity index (χ1) is 15.5. The number of thioether (sulfide) groups is 1. The molecule has 0 aliphatic carbocycles. The van der Waals surface area contributed by atoms with E-state index >= 15 is 0 Å². The number of hydrogen-bond acceptors (Lipinski definition) is 4. The number of fused-ring (bicyclic) bond motifs is 1. The number of anilines is 1. The van der Waals surface area contributed by atoms with Crippen LogP contribution in [0.1, 0.15) is 17.0 Å². The monoisotopic (exact) mass is 438 g/mol. The Hall–Kier alpha value is -3.64. The number of rotatable bonds is 3. The number of amidine groups is 1. The molecule has 1 aliphatic rings. The minimum absolute atomic E-state index is 0.100. The van der Waals surface area contributed by atoms with E-state index in [4.69, 9.17) is 9.98 Å². The zero-order chi connectivity index (χ0) is 22.2. The van der Waals surface area contributed by atoms with Crippen LogP contribution in [0.5, 0.6) is 0 Å². The standard InChI is InChI=1S/C26H22N4OS/c1-17-8-12-19(13-9-17)27-26-30(20-14-10-18(2)11-15-20)25(31)23(32-26)16-24-28-21-6-4-5-7-22(21)29(24)3/h4-16H,1-3H3/b23-16+,27-26?. The van der Waals surface area contributed by atoms with Crippen molar-refractivity contribution >= 4 is 51.3 Å². The number of carbonyl (C=O) groups excluding carboxylic acids is 1. The Balaban J connectivity index is 1.59. The first kappa shape index (κ1) is 20.3. The van der Waals surface area contributed by atoms with Gasteiger partial charge in [0.1, 0.15) is 5.82 Å². The third kappa shape index (κ3) is 3.74. The fourth-order valence-corrected chi connectivity index (χ4v) is 4.58. The number of aryl methyl sites for hydroxylation is 3. The van der Waals surface area contributed by atoms with E-state index in [9.17, 15) is 4.79 Å². The van der Waals surface area contributed by atoms with Gasteiger partial charge in [-0.1, -0.05) is 47.5 Å². The average Bonchev–Trinajstić information content (AvgIpc) is 3.27. The number of imidazole rings is 1. The Morgan fingerprint density at radius 2 is 1.56 bits per heavy atom. The van der Waals surface area contributed by atoms with Crippen LogP contribution in [0, 0.1) is 13.8 Å². The molecule has 5 nitrogen and oxygen atoms in total. The first-order valence-electron chi connectivity index (χ1n) is 10.4. The van der Waals surface area contributed by atoms with Crippen LogP contribution in [0.25, 0.3) is 17.1 Å². The number of nitrogens with zero attached hydrogens (tertiary/aromatic N) is 4. The summed E-state index contributed by atoms with van der Waals surface area (Å²) < 4.78 is 2.00. The van der Waals surface area contributed by atoms with E-state index in [-0.39, 0.29) is 5.91 Å². The molecule has 1 amide bonds. The van der Waals surface area contributed by atoms with E-state index in [1.165, 1.54) is 17.3 Å². The van der Waals surface area contributed by atoms with E-state index in [1.54, 1.807) is 4.90 Å². The van der Waals surface area contributed by atoms with Gasteiger partial charge in [-0.2, -0.15) is 0 Å². The quantitative estimate of drug-likeness (QED) is 0.369. The maximum atomic E-state index is 13.5. The van der Waals surface area contributed by atoms with E-state index in [0.29, 0.717) is 10.1 Å². The molecule has 0 radical (unpaired) electrons. The summed E-state index contributed by atoms with van der Waals surface area (Å²) in [6.07, 6.45) is 1.85. The van der Waals surface area contributed by atoms with Crippen molar-refractivity contribution in [2.75, 3.05) is 4.90 Å². The van der Waals surface area contributed by atoms with Crippen LogP contribution in [-0.2, 0) is 11.8 Å². The summed E-state index contributed by atoms with van der Waals surface area (Å²) in [6, 6.07) is 23.8. The molecule has 32 heavy (non-hydrogen) atoms. The highest BCUT2D eigenvalue weighted by Gasteiger charge is 2.35. The predicted octanol–water partition coefficient (Wildman–Crippen LogP) is 6.00. The van der Waals surface area contributed by atoms with Gasteiger partial charge in [-0.15, -0.1) is 0 Å². The maximum absolute atomic E-state index is 13.5. The lowest BCUT2D eigenvalue weighted by Gasteiger charge is -2.16. The van der Waals surface area contributed by atoms with Crippen molar-refractivity contribution in [1.29, 1.82) is 0 Å². The summed E-state index contributed by atoms with van der Waals surface area (Å²) in [5.74, 6) is 0.638. The Morgan fingerprint density at radius 3 is 2.25 bits per heavy atom. The van der Waals surface area contributed by atoms with Crippen molar-refractivity contribution in [1.82, 2.24) is 9.55 Å². The molecule has 4 aromatic rings. The molecular weight excluding hydrogens is 416 g/mol. The number of aliphatic imine (C=N–C) groups is 1. The van der Waals surface area contributed by atoms with Crippen LogP contribution in [0.4, 0.5) is 11.4 Å². The predicted molar refractivity (Wildman–Crippen MR) is 133 cm³/mol. The highest BCUT2D eigenvalue weighted by molar-refractivity contribution is 8.19. The van der Waals surface area contributed by atoms with E-state index in [0.717, 1.165) is 33.8 Å². The molecule has 1 aliphatic heterocycles. The number of amides is 1. The molecule has 0 bridgehead atoms. The molecule has 0 spiro atoms. The molecule has 6 heteroatoms. The van der Waals surface area contributed by atoms with Gasteiger partial charge in [0, 0.05) is 13.1 Å². The third-order valence-corrected chi connectivity index (χ3v) is 6.41. The molecule has 0 saturated carbocycles. The lowest BCUT2D eigenvalue weighted by molar-refractivity contribution is -0.113. The average molecular weight is 439 g/mol. The molecular formula is C26H22N4OS. The van der Waals surface area contributed by atoms with E-state index in [2.05, 4.69) is 0 Å². The second-order valence-electron chi connectivity index (χ2n) is 7.83. The van der Waals surface area contributed by atoms with Crippen LogP contribution in [0.3, 0.4) is 0 Å². The summed E-state index contributed by atoms with van der Waals surface area (Å²) in [6.45, 7) is 4.07. The summed E-state index contributed by atoms with van der Waals surface area (Å²) in [7, 11) is 1.96. The van der Waals surface area contributed by atoms with Crippen molar-refractivity contribution in [3.63, 3.8) is 0 Å². The number of aromatic nitrogens is 2. The van der Waals surface area contributed by atoms with Crippen LogP contribution < -0.4 is 4.90 Å². The Bertz CT molecular complexity index is 1380. The third-order valence-electron chi connectivity index (χ3n) is 5.44. The van der Waals surface area contributed by atoms with Crippen LogP contribution in [0.15, 0.2) is 82.7 Å². The molecule has 0 unspecified atom stereocenters. The number of para-hydroxylation sites is 2. The number of benzene rings is 3. The van der Waals surface area contributed by atoms with Gasteiger partial charge >= 0.3 is 0 Å². The molecule has 2 heterocycles. The molecule has 3 aromatic carbocycles. The molecule has 1 aromatic heterocycles. The van der Waals surface area contributed by atoms with Gasteiger partial charge in [0.15, 0.2) is 5.17 Å². The van der Waals surface area contributed by atoms with Crippen LogP contribution >= 0.6 is 11.8 Å². The second kappa shape index (κ2) is 8.13. The minimum atomic E-state index is -0.100. The Morgan fingerprint density at radius 1 is 0.906 bits per heavy atom. The van der Waals surface area contributed by atoms with Gasteiger partial charge in [0.05, 0.1) is 27.3 Å². The lowest BCUT2D eigenvalue weighted by Crippen LogP contribution is -2.28. The SMILES string of the molecule is Cc1ccc(N=C2S/C(=C/c3nc4ccccc4n3C)C(=O)N2c2ccc(C)cc2)cc1. The van der Waals surface area contributed by atoms with Gasteiger partial charge in [0.2, 0.25) is 0 Å². The maximum Gasteiger partial charge on any atom is 0.271 e. The fraction of sp³-hybridized carbons (Fsp3) is 0.115. The van der Waals surface area contributed by atoms with E-state index in [1.807, 2.05) is 104 Å². The van der Waals surface area contributed by atoms with Crippen LogP contribution in [0.2, 0.25) is 0 Å². The summed E-state index contributed by atoms with van der Waals surface area (Å²) in [5, 5.41) is 0.632. The lowest BCUT2D eigenvalue weighted by atomic mass is 10.2. The van der Waals surface area contributed by atoms with Gasteiger partial charge in [-0.3, -0.25) is 9.69 Å². The Labute approximate surface area is 191 Å². The number of hydrogen-bond donors (Lipinski definition) is 0. The molecule has 0 N–H and O–H groups in total. The second-order valence-corrected chi connectivity index (χ2v) is 8.84. The van der Waals surface area contributed by atoms with Crippen molar-refractivity contribution < 1.29 is 4.79 Å². The van der Waals surface area contributed by atoms with Crippen molar-refractivity contribution in [2.45, 2.75) is 13.8 Å². The van der Waals surface area contributed by atoms with Crippen molar-refractivity contribution in [3.05, 3.63) is 94.7 Å². The highest BCUT2D eigenvalue weighted by atomic mass is 32.2. The fourth-order valence-electron chi connectivity index (χ4n) is 3.61. The molecule has 158 valence electrons. The van der Waals surface area contributed by atoms with Crippen LogP contribution in [-0.4, -0.2) is 20.6 Å². The number of carbonyl (C=O) groups is 1.